The molecule has 162 valence electrons. The average Bonchev–Trinajstić information content (AvgIpc) is 3.15. The van der Waals surface area contributed by atoms with Crippen molar-refractivity contribution in [3.63, 3.8) is 0 Å². The molecule has 7 nitrogen and oxygen atoms in total. The van der Waals surface area contributed by atoms with E-state index in [1.807, 2.05) is 0 Å². The Bertz CT molecular complexity index is 1120. The van der Waals surface area contributed by atoms with Crippen molar-refractivity contribution < 1.29 is 26.4 Å². The first-order valence-electron chi connectivity index (χ1n) is 9.15. The second kappa shape index (κ2) is 7.16. The zero-order chi connectivity index (χ0) is 21.8. The maximum absolute atomic E-state index is 13.3. The summed E-state index contributed by atoms with van der Waals surface area (Å²) in [5.41, 5.74) is 1.05. The number of aromatic nitrogens is 2. The van der Waals surface area contributed by atoms with Gasteiger partial charge in [-0.15, -0.1) is 0 Å². The molecule has 1 fully saturated rings. The number of sulfone groups is 1. The van der Waals surface area contributed by atoms with Gasteiger partial charge in [0.05, 0.1) is 34.4 Å². The first-order chi connectivity index (χ1) is 14.0. The van der Waals surface area contributed by atoms with Gasteiger partial charge in [-0.1, -0.05) is 23.7 Å². The molecule has 2 aromatic rings. The largest absolute Gasteiger partial charge is 0.406 e. The van der Waals surface area contributed by atoms with Crippen LogP contribution in [0.5, 0.6) is 0 Å². The van der Waals surface area contributed by atoms with Gasteiger partial charge in [-0.05, 0) is 25.5 Å². The summed E-state index contributed by atoms with van der Waals surface area (Å²) in [4.78, 5) is 13.6. The lowest BCUT2D eigenvalue weighted by Crippen LogP contribution is -2.47. The zero-order valence-corrected chi connectivity index (χ0v) is 17.4. The minimum atomic E-state index is -4.63. The third kappa shape index (κ3) is 3.76. The van der Waals surface area contributed by atoms with Gasteiger partial charge in [0, 0.05) is 5.69 Å². The monoisotopic (exact) mass is 462 g/mol. The van der Waals surface area contributed by atoms with Gasteiger partial charge in [0.1, 0.15) is 17.9 Å². The third-order valence-electron chi connectivity index (χ3n) is 5.27. The molecular formula is C18H18ClF3N4O3S. The number of carbonyl (C=O) groups is 1. The van der Waals surface area contributed by atoms with E-state index in [2.05, 4.69) is 10.4 Å². The summed E-state index contributed by atoms with van der Waals surface area (Å²) < 4.78 is 64.8. The molecule has 0 radical (unpaired) electrons. The van der Waals surface area contributed by atoms with E-state index in [0.29, 0.717) is 22.7 Å². The molecule has 2 aliphatic heterocycles. The number of alkyl halides is 3. The minimum Gasteiger partial charge on any atom is -0.361 e. The molecule has 1 saturated heterocycles. The summed E-state index contributed by atoms with van der Waals surface area (Å²) >= 11 is 6.49. The van der Waals surface area contributed by atoms with Gasteiger partial charge in [0.25, 0.3) is 5.91 Å². The predicted octanol–water partition coefficient (Wildman–Crippen LogP) is 3.33. The van der Waals surface area contributed by atoms with Gasteiger partial charge < -0.3 is 10.2 Å². The third-order valence-corrected chi connectivity index (χ3v) is 7.40. The topological polar surface area (TPSA) is 84.3 Å². The number of hydrogen-bond acceptors (Lipinski definition) is 5. The van der Waals surface area contributed by atoms with Crippen molar-refractivity contribution in [2.75, 3.05) is 23.4 Å². The molecule has 1 amide bonds. The Balaban J connectivity index is 1.78. The van der Waals surface area contributed by atoms with Crippen molar-refractivity contribution in [1.82, 2.24) is 14.7 Å². The van der Waals surface area contributed by atoms with Crippen molar-refractivity contribution in [3.8, 4) is 0 Å². The van der Waals surface area contributed by atoms with Crippen LogP contribution in [0.25, 0.3) is 0 Å². The fraction of sp³-hybridized carbons (Fsp3) is 0.444. The Morgan fingerprint density at radius 2 is 2.00 bits per heavy atom. The van der Waals surface area contributed by atoms with Gasteiger partial charge in [-0.3, -0.25) is 4.79 Å². The summed E-state index contributed by atoms with van der Waals surface area (Å²) in [7, 11) is -3.22. The molecule has 0 aliphatic carbocycles. The van der Waals surface area contributed by atoms with Crippen LogP contribution >= 0.6 is 11.6 Å². The predicted molar refractivity (Wildman–Crippen MR) is 104 cm³/mol. The number of anilines is 1. The van der Waals surface area contributed by atoms with Crippen molar-refractivity contribution in [2.24, 2.45) is 0 Å². The van der Waals surface area contributed by atoms with E-state index >= 15 is 0 Å². The highest BCUT2D eigenvalue weighted by atomic mass is 35.5. The SMILES string of the molecule is Cc1nn([C@@H]2CCS(=O)(=O)C2)c(Cl)c1[C@H]1Nc2ccccc2C(=O)N1CC(F)(F)F. The maximum Gasteiger partial charge on any atom is 0.406 e. The van der Waals surface area contributed by atoms with Crippen LogP contribution in [-0.4, -0.2) is 53.2 Å². The number of nitrogens with zero attached hydrogens (tertiary/aromatic N) is 3. The van der Waals surface area contributed by atoms with Crippen LogP contribution in [0.15, 0.2) is 24.3 Å². The Kier molecular flexibility index (Phi) is 5.00. The van der Waals surface area contributed by atoms with Gasteiger partial charge in [-0.2, -0.15) is 18.3 Å². The highest BCUT2D eigenvalue weighted by molar-refractivity contribution is 7.91. The number of benzene rings is 1. The number of halogens is 4. The lowest BCUT2D eigenvalue weighted by atomic mass is 10.0. The Hall–Kier alpha value is -2.27. The summed E-state index contributed by atoms with van der Waals surface area (Å²) in [6, 6.07) is 5.78. The first kappa shape index (κ1) is 21.0. The second-order valence-electron chi connectivity index (χ2n) is 7.43. The van der Waals surface area contributed by atoms with E-state index in [1.54, 1.807) is 25.1 Å². The summed E-state index contributed by atoms with van der Waals surface area (Å²) in [5.74, 6) is -0.923. The molecule has 1 N–H and O–H groups in total. The molecular weight excluding hydrogens is 445 g/mol. The molecule has 1 aromatic carbocycles. The molecule has 0 saturated carbocycles. The lowest BCUT2D eigenvalue weighted by molar-refractivity contribution is -0.144. The molecule has 0 unspecified atom stereocenters. The highest BCUT2D eigenvalue weighted by Gasteiger charge is 2.43. The molecule has 4 rings (SSSR count). The van der Waals surface area contributed by atoms with Crippen molar-refractivity contribution in [2.45, 2.75) is 31.7 Å². The number of para-hydroxylation sites is 1. The van der Waals surface area contributed by atoms with Crippen molar-refractivity contribution in [3.05, 3.63) is 46.2 Å². The second-order valence-corrected chi connectivity index (χ2v) is 10.0. The Morgan fingerprint density at radius 3 is 2.63 bits per heavy atom. The van der Waals surface area contributed by atoms with E-state index in [4.69, 9.17) is 11.6 Å². The van der Waals surface area contributed by atoms with E-state index < -0.39 is 40.7 Å². The van der Waals surface area contributed by atoms with Crippen LogP contribution in [0.2, 0.25) is 5.15 Å². The van der Waals surface area contributed by atoms with Gasteiger partial charge in [-0.25, -0.2) is 13.1 Å². The van der Waals surface area contributed by atoms with Crippen LogP contribution < -0.4 is 5.32 Å². The van der Waals surface area contributed by atoms with E-state index in [0.717, 1.165) is 0 Å². The van der Waals surface area contributed by atoms with E-state index in [9.17, 15) is 26.4 Å². The number of nitrogens with one attached hydrogen (secondary N) is 1. The minimum absolute atomic E-state index is 0.00399. The summed E-state index contributed by atoms with van der Waals surface area (Å²) in [6.07, 6.45) is -5.51. The summed E-state index contributed by atoms with van der Waals surface area (Å²) in [5, 5.41) is 7.29. The normalized spacial score (nSPS) is 23.4. The quantitative estimate of drug-likeness (QED) is 0.756. The standard InChI is InChI=1S/C18H18ClF3N4O3S/c1-10-14(15(19)26(24-10)11-6-7-30(28,29)8-11)16-23-13-5-3-2-4-12(13)17(27)25(16)9-18(20,21)22/h2-5,11,16,23H,6-9H2,1H3/t11-,16+/m1/s1. The average molecular weight is 463 g/mol. The Labute approximate surface area is 175 Å². The van der Waals surface area contributed by atoms with Crippen LogP contribution in [0, 0.1) is 6.92 Å². The number of carbonyl (C=O) groups excluding carboxylic acids is 1. The number of fused-ring (bicyclic) bond motifs is 1. The molecule has 2 aliphatic rings. The van der Waals surface area contributed by atoms with Crippen LogP contribution in [0.3, 0.4) is 0 Å². The number of aryl methyl sites for hydroxylation is 1. The molecule has 1 aromatic heterocycles. The van der Waals surface area contributed by atoms with Crippen LogP contribution in [0.1, 0.15) is 40.2 Å². The van der Waals surface area contributed by atoms with Crippen LogP contribution in [0.4, 0.5) is 18.9 Å². The first-order valence-corrected chi connectivity index (χ1v) is 11.3. The molecule has 2 atom stereocenters. The van der Waals surface area contributed by atoms with E-state index in [1.165, 1.54) is 10.7 Å². The fourth-order valence-electron chi connectivity index (χ4n) is 3.93. The molecule has 12 heteroatoms. The zero-order valence-electron chi connectivity index (χ0n) is 15.8. The number of hydrogen-bond donors (Lipinski definition) is 1. The van der Waals surface area contributed by atoms with Gasteiger partial charge in [0.2, 0.25) is 0 Å². The van der Waals surface area contributed by atoms with Crippen molar-refractivity contribution in [1.29, 1.82) is 0 Å². The smallest absolute Gasteiger partial charge is 0.361 e. The molecule has 0 bridgehead atoms. The van der Waals surface area contributed by atoms with Crippen molar-refractivity contribution >= 4 is 33.0 Å². The van der Waals surface area contributed by atoms with Gasteiger partial charge >= 0.3 is 6.18 Å². The maximum atomic E-state index is 13.3. The van der Waals surface area contributed by atoms with E-state index in [-0.39, 0.29) is 27.8 Å². The Morgan fingerprint density at radius 1 is 1.30 bits per heavy atom. The molecule has 30 heavy (non-hydrogen) atoms. The summed E-state index contributed by atoms with van der Waals surface area (Å²) in [6.45, 7) is 0.0934. The molecule has 0 spiro atoms. The fourth-order valence-corrected chi connectivity index (χ4v) is 6.04. The molecule has 3 heterocycles. The number of rotatable bonds is 3. The lowest BCUT2D eigenvalue weighted by Gasteiger charge is -2.38. The van der Waals surface area contributed by atoms with Crippen LogP contribution in [-0.2, 0) is 9.84 Å². The number of amides is 1. The highest BCUT2D eigenvalue weighted by Crippen LogP contribution is 2.40. The van der Waals surface area contributed by atoms with Gasteiger partial charge in [0.15, 0.2) is 9.84 Å².